The molecule has 0 aliphatic carbocycles. The van der Waals surface area contributed by atoms with Gasteiger partial charge in [0.1, 0.15) is 0 Å². The monoisotopic (exact) mass is 403 g/mol. The summed E-state index contributed by atoms with van der Waals surface area (Å²) in [6.45, 7) is 0. The van der Waals surface area contributed by atoms with Crippen LogP contribution in [0.25, 0.3) is 16.3 Å². The molecule has 0 spiro atoms. The van der Waals surface area contributed by atoms with Crippen LogP contribution in [0.4, 0.5) is 5.13 Å². The highest BCUT2D eigenvalue weighted by Gasteiger charge is 2.33. The van der Waals surface area contributed by atoms with Crippen molar-refractivity contribution in [1.29, 1.82) is 0 Å². The maximum atomic E-state index is 12.6. The van der Waals surface area contributed by atoms with Crippen LogP contribution in [0.15, 0.2) is 53.4 Å². The molecule has 0 atom stereocenters. The smallest absolute Gasteiger partial charge is 0.266 e. The molecule has 124 valence electrons. The third-order valence-electron chi connectivity index (χ3n) is 3.46. The van der Waals surface area contributed by atoms with Gasteiger partial charge in [-0.3, -0.25) is 10.2 Å². The fraction of sp³-hybridized carbons (Fsp3) is 0. The number of hydrogen-bond acceptors (Lipinski definition) is 6. The van der Waals surface area contributed by atoms with Crippen LogP contribution < -0.4 is 5.43 Å². The summed E-state index contributed by atoms with van der Waals surface area (Å²) in [5, 5.41) is 2.65. The van der Waals surface area contributed by atoms with Crippen molar-refractivity contribution in [1.82, 2.24) is 9.99 Å². The average molecular weight is 404 g/mol. The molecular formula is C17H10ClN3OS3. The molecule has 1 aliphatic heterocycles. The Labute approximate surface area is 162 Å². The molecule has 2 aromatic carbocycles. The molecule has 1 amide bonds. The fourth-order valence-electron chi connectivity index (χ4n) is 2.29. The fourth-order valence-corrected chi connectivity index (χ4v) is 4.45. The molecule has 25 heavy (non-hydrogen) atoms. The molecule has 0 bridgehead atoms. The molecule has 1 saturated heterocycles. The summed E-state index contributed by atoms with van der Waals surface area (Å²) in [5.41, 5.74) is 4.80. The van der Waals surface area contributed by atoms with Gasteiger partial charge in [-0.25, -0.2) is 4.98 Å². The standard InChI is InChI=1S/C17H10ClN3OS3/c18-11-7-5-10(6-8-11)9-14-15(22)21(17(23)25-14)20-16-19-12-3-1-2-4-13(12)24-16/h1-9H,(H,19,20)/b14-9-. The SMILES string of the molecule is O=C1/C(=C/c2ccc(Cl)cc2)SC(=S)N1Nc1nc2ccccc2s1. The van der Waals surface area contributed by atoms with Crippen LogP contribution in [0.3, 0.4) is 0 Å². The van der Waals surface area contributed by atoms with Gasteiger partial charge in [-0.05, 0) is 48.1 Å². The molecule has 4 rings (SSSR count). The molecule has 2 heterocycles. The van der Waals surface area contributed by atoms with Gasteiger partial charge in [0.2, 0.25) is 5.13 Å². The van der Waals surface area contributed by atoms with E-state index in [0.717, 1.165) is 15.8 Å². The van der Waals surface area contributed by atoms with Gasteiger partial charge in [-0.1, -0.05) is 59.0 Å². The van der Waals surface area contributed by atoms with Crippen LogP contribution in [-0.4, -0.2) is 20.2 Å². The second-order valence-electron chi connectivity index (χ2n) is 5.17. The number of nitrogens with zero attached hydrogens (tertiary/aromatic N) is 2. The predicted molar refractivity (Wildman–Crippen MR) is 110 cm³/mol. The molecule has 0 saturated carbocycles. The second kappa shape index (κ2) is 6.76. The van der Waals surface area contributed by atoms with Crippen molar-refractivity contribution in [2.24, 2.45) is 0 Å². The number of anilines is 1. The second-order valence-corrected chi connectivity index (χ2v) is 8.31. The van der Waals surface area contributed by atoms with Crippen LogP contribution in [0, 0.1) is 0 Å². The van der Waals surface area contributed by atoms with E-state index in [4.69, 9.17) is 23.8 Å². The summed E-state index contributed by atoms with van der Waals surface area (Å²) in [7, 11) is 0. The van der Waals surface area contributed by atoms with Crippen LogP contribution in [0.1, 0.15) is 5.56 Å². The summed E-state index contributed by atoms with van der Waals surface area (Å²) >= 11 is 14.0. The summed E-state index contributed by atoms with van der Waals surface area (Å²) in [5.74, 6) is -0.191. The average Bonchev–Trinajstić information content (AvgIpc) is 3.13. The van der Waals surface area contributed by atoms with Gasteiger partial charge < -0.3 is 0 Å². The minimum atomic E-state index is -0.191. The molecule has 1 N–H and O–H groups in total. The maximum absolute atomic E-state index is 12.6. The zero-order valence-corrected chi connectivity index (χ0v) is 15.8. The number of thioether (sulfide) groups is 1. The summed E-state index contributed by atoms with van der Waals surface area (Å²) in [6.07, 6.45) is 1.80. The molecule has 8 heteroatoms. The minimum Gasteiger partial charge on any atom is -0.266 e. The zero-order chi connectivity index (χ0) is 17.4. The van der Waals surface area contributed by atoms with Gasteiger partial charge in [-0.15, -0.1) is 0 Å². The molecule has 1 aliphatic rings. The van der Waals surface area contributed by atoms with Crippen molar-refractivity contribution >= 4 is 78.6 Å². The van der Waals surface area contributed by atoms with Crippen LogP contribution in [-0.2, 0) is 4.79 Å². The third kappa shape index (κ3) is 3.41. The Balaban J connectivity index is 1.57. The van der Waals surface area contributed by atoms with E-state index in [9.17, 15) is 4.79 Å². The number of fused-ring (bicyclic) bond motifs is 1. The van der Waals surface area contributed by atoms with E-state index in [2.05, 4.69) is 10.4 Å². The van der Waals surface area contributed by atoms with Gasteiger partial charge in [0.25, 0.3) is 5.91 Å². The molecule has 0 unspecified atom stereocenters. The van der Waals surface area contributed by atoms with Crippen molar-refractivity contribution in [2.75, 3.05) is 5.43 Å². The van der Waals surface area contributed by atoms with E-state index in [1.165, 1.54) is 28.1 Å². The Morgan fingerprint density at radius 2 is 1.92 bits per heavy atom. The first kappa shape index (κ1) is 16.5. The number of nitrogens with one attached hydrogen (secondary N) is 1. The number of rotatable bonds is 3. The number of thiocarbonyl (C=S) groups is 1. The lowest BCUT2D eigenvalue weighted by molar-refractivity contribution is -0.121. The van der Waals surface area contributed by atoms with Crippen molar-refractivity contribution in [3.63, 3.8) is 0 Å². The van der Waals surface area contributed by atoms with Gasteiger partial charge in [-0.2, -0.15) is 5.01 Å². The Kier molecular flexibility index (Phi) is 4.47. The molecular weight excluding hydrogens is 394 g/mol. The lowest BCUT2D eigenvalue weighted by Gasteiger charge is -2.14. The normalized spacial score (nSPS) is 16.2. The largest absolute Gasteiger partial charge is 0.285 e. The number of carbonyl (C=O) groups excluding carboxylic acids is 1. The topological polar surface area (TPSA) is 45.2 Å². The van der Waals surface area contributed by atoms with Gasteiger partial charge in [0, 0.05) is 5.02 Å². The van der Waals surface area contributed by atoms with E-state index in [-0.39, 0.29) is 5.91 Å². The van der Waals surface area contributed by atoms with E-state index in [1.807, 2.05) is 36.4 Å². The van der Waals surface area contributed by atoms with Crippen LogP contribution in [0.5, 0.6) is 0 Å². The zero-order valence-electron chi connectivity index (χ0n) is 12.6. The summed E-state index contributed by atoms with van der Waals surface area (Å²) in [6, 6.07) is 15.1. The highest BCUT2D eigenvalue weighted by Crippen LogP contribution is 2.34. The number of amides is 1. The molecule has 0 radical (unpaired) electrons. The number of halogens is 1. The Bertz CT molecular complexity index is 980. The quantitative estimate of drug-likeness (QED) is 0.482. The Morgan fingerprint density at radius 1 is 1.16 bits per heavy atom. The van der Waals surface area contributed by atoms with E-state index < -0.39 is 0 Å². The van der Waals surface area contributed by atoms with Gasteiger partial charge >= 0.3 is 0 Å². The summed E-state index contributed by atoms with van der Waals surface area (Å²) < 4.78 is 1.50. The number of carbonyl (C=O) groups is 1. The first-order chi connectivity index (χ1) is 12.1. The van der Waals surface area contributed by atoms with Crippen molar-refractivity contribution < 1.29 is 4.79 Å². The van der Waals surface area contributed by atoms with Crippen molar-refractivity contribution in [3.05, 3.63) is 64.0 Å². The van der Waals surface area contributed by atoms with Crippen LogP contribution >= 0.6 is 46.9 Å². The first-order valence-electron chi connectivity index (χ1n) is 7.26. The van der Waals surface area contributed by atoms with E-state index in [1.54, 1.807) is 18.2 Å². The number of thiazole rings is 1. The van der Waals surface area contributed by atoms with Crippen molar-refractivity contribution in [3.8, 4) is 0 Å². The molecule has 1 fully saturated rings. The lowest BCUT2D eigenvalue weighted by Crippen LogP contribution is -2.33. The lowest BCUT2D eigenvalue weighted by atomic mass is 10.2. The van der Waals surface area contributed by atoms with Crippen molar-refractivity contribution in [2.45, 2.75) is 0 Å². The number of para-hydroxylation sites is 1. The maximum Gasteiger partial charge on any atom is 0.285 e. The Hall–Kier alpha value is -1.93. The highest BCUT2D eigenvalue weighted by atomic mass is 35.5. The Morgan fingerprint density at radius 3 is 2.68 bits per heavy atom. The first-order valence-corrected chi connectivity index (χ1v) is 9.68. The summed E-state index contributed by atoms with van der Waals surface area (Å²) in [4.78, 5) is 17.7. The minimum absolute atomic E-state index is 0.191. The van der Waals surface area contributed by atoms with Gasteiger partial charge in [0.05, 0.1) is 15.1 Å². The number of hydrazine groups is 1. The molecule has 1 aromatic heterocycles. The predicted octanol–water partition coefficient (Wildman–Crippen LogP) is 5.18. The van der Waals surface area contributed by atoms with E-state index in [0.29, 0.717) is 19.4 Å². The number of aromatic nitrogens is 1. The van der Waals surface area contributed by atoms with Gasteiger partial charge in [0.15, 0.2) is 4.32 Å². The molecule has 4 nitrogen and oxygen atoms in total. The molecule has 3 aromatic rings. The highest BCUT2D eigenvalue weighted by molar-refractivity contribution is 8.26. The number of benzene rings is 2. The van der Waals surface area contributed by atoms with E-state index >= 15 is 0 Å². The van der Waals surface area contributed by atoms with Crippen LogP contribution in [0.2, 0.25) is 5.02 Å². The third-order valence-corrected chi connectivity index (χ3v) is 5.96. The number of hydrogen-bond donors (Lipinski definition) is 1.